The predicted molar refractivity (Wildman–Crippen MR) is 171 cm³/mol. The Kier molecular flexibility index (Phi) is 14.9. The molecule has 17 heteroatoms. The number of carbonyl (C=O) groups is 2. The second-order valence-corrected chi connectivity index (χ2v) is 15.0. The quantitative estimate of drug-likeness (QED) is 0.143. The Morgan fingerprint density at radius 3 is 2.12 bits per heavy atom. The van der Waals surface area contributed by atoms with Gasteiger partial charge in [-0.1, -0.05) is 59.3 Å². The Bertz CT molecular complexity index is 1130. The minimum absolute atomic E-state index is 0.00769. The van der Waals surface area contributed by atoms with E-state index in [1.165, 1.54) is 6.92 Å². The molecular weight excluding hydrogens is 687 g/mol. The molecule has 51 heavy (non-hydrogen) atoms. The van der Waals surface area contributed by atoms with E-state index < -0.39 is 104 Å². The lowest BCUT2D eigenvalue weighted by molar-refractivity contribution is -0.373. The number of rotatable bonds is 13. The van der Waals surface area contributed by atoms with Gasteiger partial charge in [0.05, 0.1) is 18.8 Å². The highest BCUT2D eigenvalue weighted by Crippen LogP contribution is 2.42. The topological polar surface area (TPSA) is 214 Å². The molecule has 0 aromatic carbocycles. The van der Waals surface area contributed by atoms with E-state index in [0.29, 0.717) is 12.8 Å². The minimum Gasteiger partial charge on any atom is -0.479 e. The fourth-order valence-electron chi connectivity index (χ4n) is 8.05. The standard InChI is InChI=1S/C34H56F3NO13/c1-5-18-12-19(15(2)3)13-20(28(18)50-33-27(44)25(42)26(43)30(51-33)34(35,36)37)48-32-23(38-16(4)40)29(24(41)22(14-39)49-32)47-21(31(45)46)11-17-9-7-6-8-10-17/h15,17-30,32-33,39,41-44H,5-14H2,1-4H3,(H,38,40)(H,45,46)/t18-,19?,20?,21+,22+,23?,24?,25?,26?,27?,28?,29?,30?,32-,33?/m1/s1. The van der Waals surface area contributed by atoms with Crippen LogP contribution in [0.15, 0.2) is 0 Å². The molecule has 4 fully saturated rings. The number of ether oxygens (including phenoxy) is 5. The van der Waals surface area contributed by atoms with Crippen LogP contribution in [0, 0.1) is 23.7 Å². The van der Waals surface area contributed by atoms with E-state index in [9.17, 15) is 53.4 Å². The molecule has 2 saturated heterocycles. The second kappa shape index (κ2) is 18.1. The summed E-state index contributed by atoms with van der Waals surface area (Å²) in [7, 11) is 0. The molecule has 2 saturated carbocycles. The van der Waals surface area contributed by atoms with E-state index in [4.69, 9.17) is 23.7 Å². The Balaban J connectivity index is 1.66. The number of carboxylic acid groups (broad SMARTS) is 1. The van der Waals surface area contributed by atoms with Gasteiger partial charge in [-0.15, -0.1) is 0 Å². The lowest BCUT2D eigenvalue weighted by Gasteiger charge is -2.50. The third-order valence-electron chi connectivity index (χ3n) is 11.0. The lowest BCUT2D eigenvalue weighted by Crippen LogP contribution is -2.67. The molecule has 0 aromatic rings. The Labute approximate surface area is 295 Å². The van der Waals surface area contributed by atoms with Crippen molar-refractivity contribution in [1.29, 1.82) is 0 Å². The first kappa shape index (κ1) is 42.1. The number of carbonyl (C=O) groups excluding carboxylic acids is 1. The molecule has 4 aliphatic rings. The van der Waals surface area contributed by atoms with Crippen molar-refractivity contribution >= 4 is 11.9 Å². The van der Waals surface area contributed by atoms with Gasteiger partial charge >= 0.3 is 12.1 Å². The molecule has 2 aliphatic heterocycles. The van der Waals surface area contributed by atoms with Crippen molar-refractivity contribution in [3.63, 3.8) is 0 Å². The number of carboxylic acids is 1. The monoisotopic (exact) mass is 743 g/mol. The summed E-state index contributed by atoms with van der Waals surface area (Å²) in [5.74, 6) is -2.03. The van der Waals surface area contributed by atoms with E-state index >= 15 is 0 Å². The first-order valence-corrected chi connectivity index (χ1v) is 18.1. The average molecular weight is 744 g/mol. The Morgan fingerprint density at radius 2 is 1.57 bits per heavy atom. The highest BCUT2D eigenvalue weighted by atomic mass is 19.4. The highest BCUT2D eigenvalue weighted by Gasteiger charge is 2.57. The summed E-state index contributed by atoms with van der Waals surface area (Å²) in [6, 6.07) is -1.31. The van der Waals surface area contributed by atoms with Crippen molar-refractivity contribution in [1.82, 2.24) is 5.32 Å². The summed E-state index contributed by atoms with van der Waals surface area (Å²) in [5.41, 5.74) is 0. The van der Waals surface area contributed by atoms with Crippen LogP contribution in [0.1, 0.15) is 85.5 Å². The first-order chi connectivity index (χ1) is 24.0. The predicted octanol–water partition coefficient (Wildman–Crippen LogP) is 1.61. The van der Waals surface area contributed by atoms with Gasteiger partial charge in [0.15, 0.2) is 24.8 Å². The first-order valence-electron chi connectivity index (χ1n) is 18.1. The Hall–Kier alpha value is -1.67. The smallest absolute Gasteiger partial charge is 0.417 e. The molecule has 14 nitrogen and oxygen atoms in total. The van der Waals surface area contributed by atoms with E-state index in [0.717, 1.165) is 32.1 Å². The Morgan fingerprint density at radius 1 is 0.902 bits per heavy atom. The maximum absolute atomic E-state index is 13.8. The largest absolute Gasteiger partial charge is 0.479 e. The third-order valence-corrected chi connectivity index (χ3v) is 11.0. The van der Waals surface area contributed by atoms with Crippen molar-refractivity contribution in [3.05, 3.63) is 0 Å². The number of nitrogens with one attached hydrogen (secondary N) is 1. The van der Waals surface area contributed by atoms with Crippen molar-refractivity contribution in [2.45, 2.75) is 171 Å². The minimum atomic E-state index is -5.10. The molecule has 4 rings (SSSR count). The van der Waals surface area contributed by atoms with E-state index in [-0.39, 0.29) is 36.5 Å². The fraction of sp³-hybridized carbons (Fsp3) is 0.941. The highest BCUT2D eigenvalue weighted by molar-refractivity contribution is 5.73. The molecule has 0 spiro atoms. The van der Waals surface area contributed by atoms with Gasteiger partial charge in [-0.3, -0.25) is 4.79 Å². The molecule has 1 amide bonds. The number of hydrogen-bond donors (Lipinski definition) is 7. The summed E-state index contributed by atoms with van der Waals surface area (Å²) in [5, 5.41) is 65.3. The molecule has 7 N–H and O–H groups in total. The van der Waals surface area contributed by atoms with Gasteiger partial charge < -0.3 is 59.6 Å². The molecule has 0 bridgehead atoms. The van der Waals surface area contributed by atoms with Crippen LogP contribution < -0.4 is 5.32 Å². The summed E-state index contributed by atoms with van der Waals surface area (Å²) >= 11 is 0. The maximum Gasteiger partial charge on any atom is 0.417 e. The van der Waals surface area contributed by atoms with Gasteiger partial charge in [0.2, 0.25) is 5.91 Å². The molecule has 2 heterocycles. The van der Waals surface area contributed by atoms with Gasteiger partial charge in [-0.05, 0) is 42.9 Å². The second-order valence-electron chi connectivity index (χ2n) is 15.0. The third kappa shape index (κ3) is 10.3. The number of hydrogen-bond acceptors (Lipinski definition) is 12. The average Bonchev–Trinajstić information content (AvgIpc) is 3.06. The summed E-state index contributed by atoms with van der Waals surface area (Å²) in [6.07, 6.45) is -20.0. The van der Waals surface area contributed by atoms with E-state index in [1.807, 2.05) is 20.8 Å². The van der Waals surface area contributed by atoms with Crippen LogP contribution in [0.2, 0.25) is 0 Å². The normalized spacial score (nSPS) is 40.6. The summed E-state index contributed by atoms with van der Waals surface area (Å²) in [4.78, 5) is 25.0. The fourth-order valence-corrected chi connectivity index (χ4v) is 8.05. The van der Waals surface area contributed by atoms with Gasteiger partial charge in [0.1, 0.15) is 42.7 Å². The van der Waals surface area contributed by atoms with Crippen LogP contribution in [-0.4, -0.2) is 135 Å². The van der Waals surface area contributed by atoms with Crippen molar-refractivity contribution in [3.8, 4) is 0 Å². The molecule has 0 radical (unpaired) electrons. The number of aliphatic hydroxyl groups is 5. The van der Waals surface area contributed by atoms with Gasteiger partial charge in [0, 0.05) is 6.92 Å². The zero-order chi connectivity index (χ0) is 37.8. The van der Waals surface area contributed by atoms with Gasteiger partial charge in [-0.25, -0.2) is 4.79 Å². The molecule has 0 aromatic heterocycles. The van der Waals surface area contributed by atoms with Crippen LogP contribution in [-0.2, 0) is 33.3 Å². The molecule has 15 atom stereocenters. The zero-order valence-corrected chi connectivity index (χ0v) is 29.6. The van der Waals surface area contributed by atoms with E-state index in [1.54, 1.807) is 0 Å². The number of halogens is 3. The SMILES string of the molecule is CC[C@@H]1CC(C(C)C)CC(O[C@@H]2O[C@@H](CO)C(O)C(O[C@@H](CC3CCCCC3)C(=O)O)C2NC(C)=O)C1OC1OC(C(F)(F)F)C(O)C(O)C1O. The van der Waals surface area contributed by atoms with Crippen molar-refractivity contribution < 1.29 is 77.1 Å². The zero-order valence-electron chi connectivity index (χ0n) is 29.6. The number of aliphatic carboxylic acids is 1. The van der Waals surface area contributed by atoms with Crippen LogP contribution in [0.5, 0.6) is 0 Å². The molecule has 11 unspecified atom stereocenters. The van der Waals surface area contributed by atoms with Crippen LogP contribution in [0.4, 0.5) is 13.2 Å². The maximum atomic E-state index is 13.8. The lowest BCUT2D eigenvalue weighted by atomic mass is 9.72. The van der Waals surface area contributed by atoms with E-state index in [2.05, 4.69) is 5.32 Å². The van der Waals surface area contributed by atoms with Crippen molar-refractivity contribution in [2.75, 3.05) is 6.61 Å². The summed E-state index contributed by atoms with van der Waals surface area (Å²) in [6.45, 7) is 6.29. The van der Waals surface area contributed by atoms with Crippen molar-refractivity contribution in [2.24, 2.45) is 23.7 Å². The number of aliphatic hydroxyl groups excluding tert-OH is 5. The van der Waals surface area contributed by atoms with Crippen LogP contribution >= 0.6 is 0 Å². The van der Waals surface area contributed by atoms with Gasteiger partial charge in [-0.2, -0.15) is 13.2 Å². The number of amides is 1. The summed E-state index contributed by atoms with van der Waals surface area (Å²) < 4.78 is 71.0. The van der Waals surface area contributed by atoms with Crippen LogP contribution in [0.3, 0.4) is 0 Å². The van der Waals surface area contributed by atoms with Gasteiger partial charge in [0.25, 0.3) is 0 Å². The molecule has 2 aliphatic carbocycles. The molecule has 296 valence electrons. The molecular formula is C34H56F3NO13. The number of alkyl halides is 3. The van der Waals surface area contributed by atoms with Crippen LogP contribution in [0.25, 0.3) is 0 Å².